The summed E-state index contributed by atoms with van der Waals surface area (Å²) in [5, 5.41) is 0. The molecule has 0 aliphatic rings. The van der Waals surface area contributed by atoms with Crippen molar-refractivity contribution in [2.75, 3.05) is 0 Å². The summed E-state index contributed by atoms with van der Waals surface area (Å²) in [6.07, 6.45) is 14.4. The molecule has 0 spiro atoms. The number of hydrogen-bond donors (Lipinski definition) is 0. The molecule has 3 heteroatoms. The second-order valence-electron chi connectivity index (χ2n) is 3.83. The first-order chi connectivity index (χ1) is 6.91. The molecule has 0 saturated heterocycles. The van der Waals surface area contributed by atoms with Crippen LogP contribution in [0.3, 0.4) is 0 Å². The van der Waals surface area contributed by atoms with Crippen molar-refractivity contribution >= 4 is 11.9 Å². The van der Waals surface area contributed by atoms with Gasteiger partial charge in [-0.05, 0) is 0 Å². The normalized spacial score (nSPS) is 8.80. The number of rotatable bonds is 9. The second-order valence-corrected chi connectivity index (χ2v) is 3.83. The number of hydrogen-bond acceptors (Lipinski definition) is 1. The minimum atomic E-state index is 0. The Morgan fingerprint density at radius 3 is 1.00 bits per heavy atom. The van der Waals surface area contributed by atoms with Gasteiger partial charge in [-0.1, -0.05) is 78.1 Å². The zero-order valence-electron chi connectivity index (χ0n) is 10.9. The van der Waals surface area contributed by atoms with Crippen LogP contribution in [0, 0.1) is 0 Å². The molecule has 0 radical (unpaired) electrons. The third-order valence-corrected chi connectivity index (χ3v) is 2.46. The molecule has 0 amide bonds. The van der Waals surface area contributed by atoms with E-state index in [1.165, 1.54) is 64.2 Å². The first-order valence-corrected chi connectivity index (χ1v) is 6.38. The second kappa shape index (κ2) is 24.5. The van der Waals surface area contributed by atoms with Crippen LogP contribution in [-0.2, 0) is 0 Å². The summed E-state index contributed by atoms with van der Waals surface area (Å²) in [7, 11) is 0. The van der Waals surface area contributed by atoms with E-state index < -0.39 is 0 Å². The summed E-state index contributed by atoms with van der Waals surface area (Å²) < 4.78 is 7.72. The summed E-state index contributed by atoms with van der Waals surface area (Å²) in [4.78, 5) is 0. The SMILES string of the molecule is CCCCCCCCCCCC.[Na+].[O-]Cl. The molecule has 0 unspecified atom stereocenters. The first-order valence-electron chi connectivity index (χ1n) is 6.07. The molecule has 0 saturated carbocycles. The van der Waals surface area contributed by atoms with Crippen LogP contribution in [0.25, 0.3) is 0 Å². The van der Waals surface area contributed by atoms with Crippen molar-refractivity contribution in [3.05, 3.63) is 0 Å². The van der Waals surface area contributed by atoms with Crippen molar-refractivity contribution in [3.8, 4) is 0 Å². The monoisotopic (exact) mass is 244 g/mol. The van der Waals surface area contributed by atoms with Gasteiger partial charge in [-0.3, -0.25) is 0 Å². The van der Waals surface area contributed by atoms with E-state index >= 15 is 0 Å². The summed E-state index contributed by atoms with van der Waals surface area (Å²) in [6, 6.07) is 0. The molecule has 0 aliphatic heterocycles. The van der Waals surface area contributed by atoms with Crippen LogP contribution in [0.15, 0.2) is 0 Å². The van der Waals surface area contributed by atoms with Gasteiger partial charge >= 0.3 is 29.6 Å². The molecule has 0 aliphatic carbocycles. The van der Waals surface area contributed by atoms with Crippen LogP contribution in [0.5, 0.6) is 0 Å². The summed E-state index contributed by atoms with van der Waals surface area (Å²) in [5.41, 5.74) is 0. The third kappa shape index (κ3) is 25.5. The summed E-state index contributed by atoms with van der Waals surface area (Å²) in [6.45, 7) is 4.56. The van der Waals surface area contributed by atoms with Gasteiger partial charge in [0.05, 0.1) is 0 Å². The molecule has 0 aromatic heterocycles. The average Bonchev–Trinajstić information content (AvgIpc) is 2.25. The van der Waals surface area contributed by atoms with Crippen LogP contribution >= 0.6 is 11.9 Å². The third-order valence-electron chi connectivity index (χ3n) is 2.46. The molecule has 0 rings (SSSR count). The Bertz CT molecular complexity index is 72.0. The quantitative estimate of drug-likeness (QED) is 0.445. The van der Waals surface area contributed by atoms with Gasteiger partial charge in [0.25, 0.3) is 0 Å². The van der Waals surface area contributed by atoms with Gasteiger partial charge in [-0.25, -0.2) is 11.9 Å². The van der Waals surface area contributed by atoms with Gasteiger partial charge in [-0.2, -0.15) is 0 Å². The Balaban J connectivity index is -0.000000449. The van der Waals surface area contributed by atoms with E-state index in [9.17, 15) is 0 Å². The van der Waals surface area contributed by atoms with E-state index in [4.69, 9.17) is 4.66 Å². The Labute approximate surface area is 123 Å². The molecular formula is C12H26ClNaO. The van der Waals surface area contributed by atoms with Crippen LogP contribution in [0.4, 0.5) is 0 Å². The van der Waals surface area contributed by atoms with Gasteiger partial charge in [0, 0.05) is 0 Å². The smallest absolute Gasteiger partial charge is 0.769 e. The maximum Gasteiger partial charge on any atom is 1.00 e. The molecule has 0 N–H and O–H groups in total. The fraction of sp³-hybridized carbons (Fsp3) is 1.00. The van der Waals surface area contributed by atoms with E-state index in [-0.39, 0.29) is 29.6 Å². The van der Waals surface area contributed by atoms with Crippen molar-refractivity contribution < 1.29 is 34.2 Å². The molecule has 0 bridgehead atoms. The van der Waals surface area contributed by atoms with Crippen LogP contribution < -0.4 is 34.2 Å². The minimum Gasteiger partial charge on any atom is -0.769 e. The molecule has 0 aromatic carbocycles. The molecule has 88 valence electrons. The standard InChI is InChI=1S/C12H26.ClO.Na/c1-3-5-7-9-11-12-10-8-6-4-2;1-2;/h3-12H2,1-2H3;;/q;-1;+1. The molecule has 15 heavy (non-hydrogen) atoms. The van der Waals surface area contributed by atoms with Crippen LogP contribution in [-0.4, -0.2) is 0 Å². The van der Waals surface area contributed by atoms with Crippen molar-refractivity contribution in [2.24, 2.45) is 0 Å². The minimum absolute atomic E-state index is 0. The van der Waals surface area contributed by atoms with E-state index in [0.29, 0.717) is 0 Å². The summed E-state index contributed by atoms with van der Waals surface area (Å²) in [5.74, 6) is 0. The Hall–Kier alpha value is 1.25. The predicted molar refractivity (Wildman–Crippen MR) is 63.4 cm³/mol. The topological polar surface area (TPSA) is 23.1 Å². The molecular weight excluding hydrogens is 219 g/mol. The van der Waals surface area contributed by atoms with Crippen molar-refractivity contribution in [2.45, 2.75) is 78.1 Å². The molecule has 1 nitrogen and oxygen atoms in total. The van der Waals surface area contributed by atoms with Gasteiger partial charge in [0.15, 0.2) is 0 Å². The zero-order chi connectivity index (χ0) is 11.1. The van der Waals surface area contributed by atoms with Gasteiger partial charge in [-0.15, -0.1) is 0 Å². The Morgan fingerprint density at radius 1 is 0.600 bits per heavy atom. The van der Waals surface area contributed by atoms with Crippen LogP contribution in [0.1, 0.15) is 78.1 Å². The maximum atomic E-state index is 7.72. The van der Waals surface area contributed by atoms with Gasteiger partial charge < -0.3 is 4.66 Å². The summed E-state index contributed by atoms with van der Waals surface area (Å²) >= 11 is 3.39. The van der Waals surface area contributed by atoms with Gasteiger partial charge in [0.1, 0.15) is 0 Å². The Kier molecular flexibility index (Phi) is 35.1. The fourth-order valence-corrected chi connectivity index (χ4v) is 1.56. The zero-order valence-corrected chi connectivity index (χ0v) is 13.6. The van der Waals surface area contributed by atoms with E-state index in [1.807, 2.05) is 0 Å². The Morgan fingerprint density at radius 2 is 0.800 bits per heavy atom. The number of unbranched alkanes of at least 4 members (excludes halogenated alkanes) is 9. The first kappa shape index (κ1) is 21.5. The van der Waals surface area contributed by atoms with E-state index in [2.05, 4.69) is 25.7 Å². The molecule has 0 fully saturated rings. The average molecular weight is 245 g/mol. The molecule has 0 atom stereocenters. The number of halogens is 1. The van der Waals surface area contributed by atoms with Crippen molar-refractivity contribution in [1.29, 1.82) is 0 Å². The predicted octanol–water partition coefficient (Wildman–Crippen LogP) is 1.43. The molecule has 0 aromatic rings. The van der Waals surface area contributed by atoms with Crippen molar-refractivity contribution in [1.82, 2.24) is 0 Å². The molecule has 0 heterocycles. The van der Waals surface area contributed by atoms with E-state index in [1.54, 1.807) is 0 Å². The fourth-order valence-electron chi connectivity index (χ4n) is 1.56. The van der Waals surface area contributed by atoms with E-state index in [0.717, 1.165) is 0 Å². The van der Waals surface area contributed by atoms with Crippen LogP contribution in [0.2, 0.25) is 0 Å². The largest absolute Gasteiger partial charge is 1.00 e. The van der Waals surface area contributed by atoms with Crippen molar-refractivity contribution in [3.63, 3.8) is 0 Å². The maximum absolute atomic E-state index is 7.72. The van der Waals surface area contributed by atoms with Gasteiger partial charge in [0.2, 0.25) is 0 Å².